The first-order valence-electron chi connectivity index (χ1n) is 8.40. The van der Waals surface area contributed by atoms with Crippen molar-refractivity contribution in [1.82, 2.24) is 5.32 Å². The summed E-state index contributed by atoms with van der Waals surface area (Å²) in [4.78, 5) is 34.4. The number of hydrogen-bond acceptors (Lipinski definition) is 4. The van der Waals surface area contributed by atoms with E-state index in [-0.39, 0.29) is 12.5 Å². The fourth-order valence-corrected chi connectivity index (χ4v) is 3.34. The van der Waals surface area contributed by atoms with Crippen LogP contribution in [0.4, 0.5) is 4.79 Å². The van der Waals surface area contributed by atoms with Crippen molar-refractivity contribution in [2.75, 3.05) is 6.61 Å². The molecule has 3 N–H and O–H groups in total. The highest BCUT2D eigenvalue weighted by Crippen LogP contribution is 2.44. The van der Waals surface area contributed by atoms with E-state index in [0.29, 0.717) is 0 Å². The molecule has 2 aromatic rings. The summed E-state index contributed by atoms with van der Waals surface area (Å²) in [5.41, 5.74) is 2.25. The largest absolute Gasteiger partial charge is 0.481 e. The van der Waals surface area contributed by atoms with Crippen LogP contribution in [0.1, 0.15) is 30.4 Å². The summed E-state index contributed by atoms with van der Waals surface area (Å²) in [5, 5.41) is 20.3. The number of aliphatic carboxylic acids is 2. The lowest BCUT2D eigenvalue weighted by Gasteiger charge is -2.24. The van der Waals surface area contributed by atoms with Crippen LogP contribution in [0.15, 0.2) is 48.5 Å². The maximum atomic E-state index is 12.1. The Kier molecular flexibility index (Phi) is 4.85. The van der Waals surface area contributed by atoms with E-state index in [1.807, 2.05) is 48.5 Å². The van der Waals surface area contributed by atoms with Gasteiger partial charge in [0, 0.05) is 5.92 Å². The highest BCUT2D eigenvalue weighted by atomic mass is 16.5. The molecular weight excluding hydrogens is 350 g/mol. The molecule has 1 amide bonds. The fraction of sp³-hybridized carbons (Fsp3) is 0.250. The van der Waals surface area contributed by atoms with Crippen LogP contribution in [0.3, 0.4) is 0 Å². The van der Waals surface area contributed by atoms with Gasteiger partial charge in [-0.3, -0.25) is 4.79 Å². The van der Waals surface area contributed by atoms with Gasteiger partial charge < -0.3 is 20.3 Å². The van der Waals surface area contributed by atoms with Crippen LogP contribution >= 0.6 is 0 Å². The van der Waals surface area contributed by atoms with Gasteiger partial charge in [0.05, 0.1) is 6.42 Å². The minimum Gasteiger partial charge on any atom is -0.481 e. The number of amides is 1. The second kappa shape index (κ2) is 7.11. The molecule has 0 aliphatic heterocycles. The average molecular weight is 369 g/mol. The summed E-state index contributed by atoms with van der Waals surface area (Å²) < 4.78 is 5.26. The zero-order valence-corrected chi connectivity index (χ0v) is 14.6. The number of nitrogens with one attached hydrogen (secondary N) is 1. The quantitative estimate of drug-likeness (QED) is 0.722. The third kappa shape index (κ3) is 3.62. The average Bonchev–Trinajstić information content (AvgIpc) is 2.93. The van der Waals surface area contributed by atoms with E-state index in [9.17, 15) is 19.5 Å². The van der Waals surface area contributed by atoms with Crippen LogP contribution < -0.4 is 5.32 Å². The van der Waals surface area contributed by atoms with Gasteiger partial charge >= 0.3 is 18.0 Å². The predicted molar refractivity (Wildman–Crippen MR) is 96.5 cm³/mol. The first-order valence-corrected chi connectivity index (χ1v) is 8.40. The van der Waals surface area contributed by atoms with Gasteiger partial charge in [-0.2, -0.15) is 0 Å². The number of alkyl carbamates (subject to hydrolysis) is 1. The lowest BCUT2D eigenvalue weighted by Crippen LogP contribution is -2.53. The van der Waals surface area contributed by atoms with Crippen LogP contribution in [-0.4, -0.2) is 40.4 Å². The molecule has 0 saturated carbocycles. The Hall–Kier alpha value is -3.35. The molecule has 0 spiro atoms. The third-order valence-electron chi connectivity index (χ3n) is 4.70. The number of carboxylic acids is 2. The van der Waals surface area contributed by atoms with Gasteiger partial charge in [0.2, 0.25) is 0 Å². The number of hydrogen-bond donors (Lipinski definition) is 3. The molecule has 1 aliphatic carbocycles. The molecule has 0 radical (unpaired) electrons. The van der Waals surface area contributed by atoms with Crippen molar-refractivity contribution in [3.8, 4) is 11.1 Å². The molecule has 0 saturated heterocycles. The Balaban J connectivity index is 1.74. The Labute approximate surface area is 155 Å². The second-order valence-electron chi connectivity index (χ2n) is 6.66. The second-order valence-corrected chi connectivity index (χ2v) is 6.66. The first kappa shape index (κ1) is 18.4. The van der Waals surface area contributed by atoms with E-state index in [2.05, 4.69) is 5.32 Å². The number of benzene rings is 2. The molecule has 3 rings (SSSR count). The standard InChI is InChI=1S/C20H19NO6/c1-20(18(24)25,10-17(22)23)21-19(26)27-11-16-14-8-4-2-6-12(14)13-7-3-5-9-15(13)16/h2-9,16H,10-11H2,1H3,(H,21,26)(H,22,23)(H,24,25). The third-order valence-corrected chi connectivity index (χ3v) is 4.70. The minimum atomic E-state index is -1.95. The fourth-order valence-electron chi connectivity index (χ4n) is 3.34. The molecule has 140 valence electrons. The van der Waals surface area contributed by atoms with E-state index in [4.69, 9.17) is 9.84 Å². The number of rotatable bonds is 6. The van der Waals surface area contributed by atoms with Crippen LogP contribution in [0, 0.1) is 0 Å². The van der Waals surface area contributed by atoms with E-state index < -0.39 is 30.0 Å². The van der Waals surface area contributed by atoms with Gasteiger partial charge in [0.15, 0.2) is 0 Å². The summed E-state index contributed by atoms with van der Waals surface area (Å²) in [6.07, 6.45) is -1.73. The minimum absolute atomic E-state index is 0.0165. The van der Waals surface area contributed by atoms with Gasteiger partial charge in [0.25, 0.3) is 0 Å². The summed E-state index contributed by atoms with van der Waals surface area (Å²) in [5.74, 6) is -2.95. The number of carbonyl (C=O) groups excluding carboxylic acids is 1. The van der Waals surface area contributed by atoms with Crippen LogP contribution in [0.5, 0.6) is 0 Å². The Morgan fingerprint density at radius 2 is 1.52 bits per heavy atom. The molecule has 1 atom stereocenters. The van der Waals surface area contributed by atoms with E-state index in [1.54, 1.807) is 0 Å². The van der Waals surface area contributed by atoms with Gasteiger partial charge in [-0.15, -0.1) is 0 Å². The molecule has 0 aromatic heterocycles. The zero-order chi connectivity index (χ0) is 19.6. The van der Waals surface area contributed by atoms with Crippen LogP contribution in [-0.2, 0) is 14.3 Å². The van der Waals surface area contributed by atoms with E-state index in [1.165, 1.54) is 0 Å². The summed E-state index contributed by atoms with van der Waals surface area (Å²) in [7, 11) is 0. The van der Waals surface area contributed by atoms with Crippen molar-refractivity contribution in [3.05, 3.63) is 59.7 Å². The number of fused-ring (bicyclic) bond motifs is 3. The molecule has 1 unspecified atom stereocenters. The van der Waals surface area contributed by atoms with Crippen LogP contribution in [0.2, 0.25) is 0 Å². The maximum Gasteiger partial charge on any atom is 0.408 e. The monoisotopic (exact) mass is 369 g/mol. The SMILES string of the molecule is CC(CC(=O)O)(NC(=O)OCC1c2ccccc2-c2ccccc21)C(=O)O. The Morgan fingerprint density at radius 1 is 1.00 bits per heavy atom. The number of carboxylic acid groups (broad SMARTS) is 2. The Bertz CT molecular complexity index is 863. The topological polar surface area (TPSA) is 113 Å². The summed E-state index contributed by atoms with van der Waals surface area (Å²) >= 11 is 0. The van der Waals surface area contributed by atoms with Crippen molar-refractivity contribution in [2.45, 2.75) is 24.8 Å². The highest BCUT2D eigenvalue weighted by Gasteiger charge is 2.38. The van der Waals surface area contributed by atoms with Gasteiger partial charge in [-0.05, 0) is 29.2 Å². The zero-order valence-electron chi connectivity index (χ0n) is 14.6. The van der Waals surface area contributed by atoms with Crippen molar-refractivity contribution in [3.63, 3.8) is 0 Å². The number of ether oxygens (including phenoxy) is 1. The van der Waals surface area contributed by atoms with Crippen molar-refractivity contribution >= 4 is 18.0 Å². The molecule has 0 heterocycles. The Morgan fingerprint density at radius 3 is 2.00 bits per heavy atom. The van der Waals surface area contributed by atoms with Crippen molar-refractivity contribution < 1.29 is 29.3 Å². The molecule has 0 fully saturated rings. The molecule has 1 aliphatic rings. The van der Waals surface area contributed by atoms with Gasteiger partial charge in [-0.1, -0.05) is 48.5 Å². The normalized spacial score (nSPS) is 14.6. The van der Waals surface area contributed by atoms with E-state index >= 15 is 0 Å². The molecule has 7 nitrogen and oxygen atoms in total. The lowest BCUT2D eigenvalue weighted by molar-refractivity contribution is -0.150. The first-order chi connectivity index (χ1) is 12.8. The molecule has 0 bridgehead atoms. The molecule has 7 heteroatoms. The molecule has 2 aromatic carbocycles. The van der Waals surface area contributed by atoms with Crippen LogP contribution in [0.25, 0.3) is 11.1 Å². The smallest absolute Gasteiger partial charge is 0.408 e. The van der Waals surface area contributed by atoms with E-state index in [0.717, 1.165) is 29.2 Å². The summed E-state index contributed by atoms with van der Waals surface area (Å²) in [6.45, 7) is 1.15. The lowest BCUT2D eigenvalue weighted by atomic mass is 9.98. The molecule has 27 heavy (non-hydrogen) atoms. The molecular formula is C20H19NO6. The van der Waals surface area contributed by atoms with Gasteiger partial charge in [-0.25, -0.2) is 9.59 Å². The predicted octanol–water partition coefficient (Wildman–Crippen LogP) is 2.84. The summed E-state index contributed by atoms with van der Waals surface area (Å²) in [6, 6.07) is 15.6. The highest BCUT2D eigenvalue weighted by molar-refractivity contribution is 5.88. The maximum absolute atomic E-state index is 12.1. The van der Waals surface area contributed by atoms with Crippen molar-refractivity contribution in [1.29, 1.82) is 0 Å². The van der Waals surface area contributed by atoms with Crippen molar-refractivity contribution in [2.24, 2.45) is 0 Å². The van der Waals surface area contributed by atoms with Gasteiger partial charge in [0.1, 0.15) is 12.1 Å². The number of carbonyl (C=O) groups is 3.